The zero-order chi connectivity index (χ0) is 22.1. The second-order valence-electron chi connectivity index (χ2n) is 7.94. The number of hydrogen-bond donors (Lipinski definition) is 0. The van der Waals surface area contributed by atoms with E-state index in [0.29, 0.717) is 24.3 Å². The summed E-state index contributed by atoms with van der Waals surface area (Å²) in [5.74, 6) is 0.816. The highest BCUT2D eigenvalue weighted by Gasteiger charge is 2.26. The van der Waals surface area contributed by atoms with Gasteiger partial charge in [-0.3, -0.25) is 4.79 Å². The second kappa shape index (κ2) is 8.34. The third-order valence-electron chi connectivity index (χ3n) is 5.94. The number of carbonyl (C=O) groups excluding carboxylic acids is 1. The molecular weight excluding hydrogens is 402 g/mol. The van der Waals surface area contributed by atoms with Crippen molar-refractivity contribution >= 4 is 17.2 Å². The van der Waals surface area contributed by atoms with Gasteiger partial charge in [0, 0.05) is 37.9 Å². The SMILES string of the molecule is COc1ccccc1N1CCN(C(=O)c2cnn3c(-c4cccc(C)c4)ccnc23)CC1. The van der Waals surface area contributed by atoms with E-state index in [2.05, 4.69) is 40.1 Å². The van der Waals surface area contributed by atoms with E-state index in [0.717, 1.165) is 35.8 Å². The Labute approximate surface area is 186 Å². The predicted molar refractivity (Wildman–Crippen MR) is 124 cm³/mol. The number of para-hydroxylation sites is 2. The quantitative estimate of drug-likeness (QED) is 0.497. The number of hydrogen-bond acceptors (Lipinski definition) is 5. The molecule has 0 aliphatic carbocycles. The van der Waals surface area contributed by atoms with Crippen molar-refractivity contribution in [2.45, 2.75) is 6.92 Å². The van der Waals surface area contributed by atoms with Crippen molar-refractivity contribution in [2.75, 3.05) is 38.2 Å². The molecule has 4 aromatic rings. The number of rotatable bonds is 4. The molecule has 162 valence electrons. The number of amides is 1. The number of fused-ring (bicyclic) bond motifs is 1. The fourth-order valence-electron chi connectivity index (χ4n) is 4.28. The average Bonchev–Trinajstić information content (AvgIpc) is 3.28. The van der Waals surface area contributed by atoms with Crippen LogP contribution in [-0.4, -0.2) is 58.7 Å². The monoisotopic (exact) mass is 427 g/mol. The normalized spacial score (nSPS) is 14.1. The van der Waals surface area contributed by atoms with Gasteiger partial charge in [0.25, 0.3) is 5.91 Å². The molecule has 0 bridgehead atoms. The highest BCUT2D eigenvalue weighted by atomic mass is 16.5. The Bertz CT molecular complexity index is 1270. The van der Waals surface area contributed by atoms with Crippen LogP contribution in [0.5, 0.6) is 5.75 Å². The molecule has 7 heteroatoms. The van der Waals surface area contributed by atoms with Crippen LogP contribution in [0.3, 0.4) is 0 Å². The summed E-state index contributed by atoms with van der Waals surface area (Å²) in [5.41, 5.74) is 5.31. The minimum absolute atomic E-state index is 0.0337. The molecule has 2 aromatic heterocycles. The maximum Gasteiger partial charge on any atom is 0.259 e. The van der Waals surface area contributed by atoms with Crippen molar-refractivity contribution < 1.29 is 9.53 Å². The standard InChI is InChI=1S/C25H25N5O2/c1-18-6-5-7-19(16-18)21-10-11-26-24-20(17-27-30(21)24)25(31)29-14-12-28(13-15-29)22-8-3-4-9-23(22)32-2/h3-11,16-17H,12-15H2,1-2H3. The van der Waals surface area contributed by atoms with Crippen LogP contribution in [0.2, 0.25) is 0 Å². The lowest BCUT2D eigenvalue weighted by Gasteiger charge is -2.36. The van der Waals surface area contributed by atoms with Gasteiger partial charge in [-0.2, -0.15) is 5.10 Å². The molecule has 1 fully saturated rings. The van der Waals surface area contributed by atoms with E-state index in [4.69, 9.17) is 4.74 Å². The largest absolute Gasteiger partial charge is 0.495 e. The molecule has 0 spiro atoms. The van der Waals surface area contributed by atoms with Gasteiger partial charge >= 0.3 is 0 Å². The van der Waals surface area contributed by atoms with Gasteiger partial charge in [-0.15, -0.1) is 0 Å². The molecule has 0 radical (unpaired) electrons. The summed E-state index contributed by atoms with van der Waals surface area (Å²) in [6, 6.07) is 18.1. The molecule has 0 saturated carbocycles. The molecule has 1 aliphatic heterocycles. The number of ether oxygens (including phenoxy) is 1. The van der Waals surface area contributed by atoms with Gasteiger partial charge in [-0.1, -0.05) is 35.9 Å². The van der Waals surface area contributed by atoms with Crippen LogP contribution in [0.15, 0.2) is 67.0 Å². The summed E-state index contributed by atoms with van der Waals surface area (Å²) < 4.78 is 7.25. The number of benzene rings is 2. The van der Waals surface area contributed by atoms with Crippen LogP contribution < -0.4 is 9.64 Å². The third-order valence-corrected chi connectivity index (χ3v) is 5.94. The molecule has 32 heavy (non-hydrogen) atoms. The highest BCUT2D eigenvalue weighted by molar-refractivity contribution is 6.00. The fourth-order valence-corrected chi connectivity index (χ4v) is 4.28. The Balaban J connectivity index is 1.38. The van der Waals surface area contributed by atoms with E-state index in [1.54, 1.807) is 24.0 Å². The fraction of sp³-hybridized carbons (Fsp3) is 0.240. The van der Waals surface area contributed by atoms with E-state index in [1.807, 2.05) is 41.3 Å². The average molecular weight is 428 g/mol. The summed E-state index contributed by atoms with van der Waals surface area (Å²) in [6.45, 7) is 4.81. The molecule has 0 atom stereocenters. The van der Waals surface area contributed by atoms with Gasteiger partial charge in [-0.25, -0.2) is 9.50 Å². The maximum atomic E-state index is 13.3. The molecule has 0 unspecified atom stereocenters. The first-order valence-electron chi connectivity index (χ1n) is 10.7. The first-order valence-corrected chi connectivity index (χ1v) is 10.7. The van der Waals surface area contributed by atoms with Gasteiger partial charge in [0.2, 0.25) is 0 Å². The summed E-state index contributed by atoms with van der Waals surface area (Å²) >= 11 is 0. The van der Waals surface area contributed by atoms with Gasteiger partial charge in [0.15, 0.2) is 5.65 Å². The molecule has 2 aromatic carbocycles. The molecule has 1 saturated heterocycles. The Morgan fingerprint density at radius 1 is 1.00 bits per heavy atom. The summed E-state index contributed by atoms with van der Waals surface area (Å²) in [7, 11) is 1.68. The van der Waals surface area contributed by atoms with Crippen molar-refractivity contribution in [2.24, 2.45) is 0 Å². The Hall–Kier alpha value is -3.87. The predicted octanol–water partition coefficient (Wildman–Crippen LogP) is 3.68. The van der Waals surface area contributed by atoms with Crippen LogP contribution in [0.25, 0.3) is 16.9 Å². The van der Waals surface area contributed by atoms with E-state index in [9.17, 15) is 4.79 Å². The number of carbonyl (C=O) groups is 1. The topological polar surface area (TPSA) is 63.0 Å². The van der Waals surface area contributed by atoms with Crippen LogP contribution in [0.1, 0.15) is 15.9 Å². The minimum atomic E-state index is -0.0337. The lowest BCUT2D eigenvalue weighted by molar-refractivity contribution is 0.0748. The van der Waals surface area contributed by atoms with Crippen LogP contribution in [-0.2, 0) is 0 Å². The van der Waals surface area contributed by atoms with Crippen molar-refractivity contribution in [3.05, 3.63) is 78.1 Å². The van der Waals surface area contributed by atoms with Crippen molar-refractivity contribution in [3.8, 4) is 17.0 Å². The third kappa shape index (κ3) is 3.56. The second-order valence-corrected chi connectivity index (χ2v) is 7.94. The van der Waals surface area contributed by atoms with E-state index < -0.39 is 0 Å². The lowest BCUT2D eigenvalue weighted by Crippen LogP contribution is -2.48. The van der Waals surface area contributed by atoms with Gasteiger partial charge < -0.3 is 14.5 Å². The Kier molecular flexibility index (Phi) is 5.23. The number of nitrogens with zero attached hydrogens (tertiary/aromatic N) is 5. The number of methoxy groups -OCH3 is 1. The van der Waals surface area contributed by atoms with Gasteiger partial charge in [0.1, 0.15) is 11.3 Å². The Morgan fingerprint density at radius 3 is 2.59 bits per heavy atom. The highest BCUT2D eigenvalue weighted by Crippen LogP contribution is 2.29. The first kappa shape index (κ1) is 20.1. The number of anilines is 1. The number of aromatic nitrogens is 3. The molecule has 1 aliphatic rings. The maximum absolute atomic E-state index is 13.3. The minimum Gasteiger partial charge on any atom is -0.495 e. The zero-order valence-corrected chi connectivity index (χ0v) is 18.2. The van der Waals surface area contributed by atoms with Crippen molar-refractivity contribution in [1.29, 1.82) is 0 Å². The smallest absolute Gasteiger partial charge is 0.259 e. The van der Waals surface area contributed by atoms with E-state index >= 15 is 0 Å². The van der Waals surface area contributed by atoms with Crippen molar-refractivity contribution in [3.63, 3.8) is 0 Å². The van der Waals surface area contributed by atoms with Crippen LogP contribution in [0, 0.1) is 6.92 Å². The van der Waals surface area contributed by atoms with Crippen LogP contribution >= 0.6 is 0 Å². The van der Waals surface area contributed by atoms with Gasteiger partial charge in [0.05, 0.1) is 24.7 Å². The van der Waals surface area contributed by atoms with E-state index in [-0.39, 0.29) is 5.91 Å². The lowest BCUT2D eigenvalue weighted by atomic mass is 10.1. The summed E-state index contributed by atoms with van der Waals surface area (Å²) in [5, 5.41) is 4.51. The van der Waals surface area contributed by atoms with Crippen molar-refractivity contribution in [1.82, 2.24) is 19.5 Å². The molecular formula is C25H25N5O2. The summed E-state index contributed by atoms with van der Waals surface area (Å²) in [6.07, 6.45) is 3.38. The molecule has 7 nitrogen and oxygen atoms in total. The number of aryl methyl sites for hydroxylation is 1. The van der Waals surface area contributed by atoms with Gasteiger partial charge in [-0.05, 0) is 31.2 Å². The zero-order valence-electron chi connectivity index (χ0n) is 18.2. The summed E-state index contributed by atoms with van der Waals surface area (Å²) in [4.78, 5) is 21.9. The number of piperazine rings is 1. The Morgan fingerprint density at radius 2 is 1.81 bits per heavy atom. The van der Waals surface area contributed by atoms with Crippen LogP contribution in [0.4, 0.5) is 5.69 Å². The molecule has 1 amide bonds. The first-order chi connectivity index (χ1) is 15.7. The molecule has 0 N–H and O–H groups in total. The molecule has 5 rings (SSSR count). The molecule has 3 heterocycles. The van der Waals surface area contributed by atoms with E-state index in [1.165, 1.54) is 5.56 Å².